The lowest BCUT2D eigenvalue weighted by molar-refractivity contribution is 0.373. The van der Waals surface area contributed by atoms with E-state index in [1.54, 1.807) is 36.0 Å². The average molecular weight is 497 g/mol. The smallest absolute Gasteiger partial charge is 0.271 e. The second-order valence-electron chi connectivity index (χ2n) is 8.75. The third-order valence-electron chi connectivity index (χ3n) is 6.84. The molecular weight excluding hydrogens is 472 g/mol. The molecule has 1 N–H and O–H groups in total. The van der Waals surface area contributed by atoms with Crippen molar-refractivity contribution in [3.05, 3.63) is 114 Å². The van der Waals surface area contributed by atoms with Gasteiger partial charge in [-0.3, -0.25) is 9.36 Å². The second kappa shape index (κ2) is 8.84. The monoisotopic (exact) mass is 496 g/mol. The highest BCUT2D eigenvalue weighted by atomic mass is 32.1. The van der Waals surface area contributed by atoms with Crippen molar-refractivity contribution in [2.45, 2.75) is 18.9 Å². The predicted octanol–water partition coefficient (Wildman–Crippen LogP) is 4.04. The van der Waals surface area contributed by atoms with E-state index in [0.717, 1.165) is 41.0 Å². The topological polar surface area (TPSA) is 73.1 Å². The molecule has 6 rings (SSSR count). The molecular formula is C29H24N2O4S. The maximum atomic E-state index is 13.9. The van der Waals surface area contributed by atoms with Gasteiger partial charge in [0.15, 0.2) is 16.3 Å². The largest absolute Gasteiger partial charge is 0.504 e. The molecule has 2 heterocycles. The fourth-order valence-electron chi connectivity index (χ4n) is 5.15. The number of nitrogens with zero attached hydrogens (tertiary/aromatic N) is 2. The van der Waals surface area contributed by atoms with Gasteiger partial charge >= 0.3 is 0 Å². The van der Waals surface area contributed by atoms with Gasteiger partial charge in [-0.1, -0.05) is 65.9 Å². The van der Waals surface area contributed by atoms with E-state index in [0.29, 0.717) is 20.6 Å². The Morgan fingerprint density at radius 3 is 2.56 bits per heavy atom. The van der Waals surface area contributed by atoms with Gasteiger partial charge in [0.05, 0.1) is 30.5 Å². The minimum Gasteiger partial charge on any atom is -0.504 e. The van der Waals surface area contributed by atoms with Gasteiger partial charge in [0.25, 0.3) is 5.56 Å². The maximum Gasteiger partial charge on any atom is 0.271 e. The minimum atomic E-state index is -0.332. The molecule has 0 radical (unpaired) electrons. The molecule has 36 heavy (non-hydrogen) atoms. The number of para-hydroxylation sites is 2. The number of phenols is 1. The maximum absolute atomic E-state index is 13.9. The van der Waals surface area contributed by atoms with Crippen molar-refractivity contribution < 1.29 is 14.6 Å². The third kappa shape index (κ3) is 3.46. The first-order chi connectivity index (χ1) is 17.6. The Balaban J connectivity index is 1.64. The number of aryl methyl sites for hydroxylation is 1. The molecule has 3 aromatic carbocycles. The molecule has 1 atom stereocenters. The quantitative estimate of drug-likeness (QED) is 0.463. The summed E-state index contributed by atoms with van der Waals surface area (Å²) >= 11 is 1.32. The van der Waals surface area contributed by atoms with E-state index in [2.05, 4.69) is 18.2 Å². The van der Waals surface area contributed by atoms with Gasteiger partial charge in [0, 0.05) is 16.7 Å². The Kier molecular flexibility index (Phi) is 5.49. The number of fused-ring (bicyclic) bond motifs is 3. The van der Waals surface area contributed by atoms with Crippen LogP contribution in [0.3, 0.4) is 0 Å². The van der Waals surface area contributed by atoms with Crippen LogP contribution in [0.25, 0.3) is 11.8 Å². The van der Waals surface area contributed by atoms with Crippen LogP contribution < -0.4 is 24.4 Å². The van der Waals surface area contributed by atoms with Crippen molar-refractivity contribution in [2.75, 3.05) is 14.2 Å². The van der Waals surface area contributed by atoms with Crippen molar-refractivity contribution in [3.63, 3.8) is 0 Å². The van der Waals surface area contributed by atoms with Crippen LogP contribution in [0.5, 0.6) is 17.2 Å². The van der Waals surface area contributed by atoms with Crippen molar-refractivity contribution in [1.82, 2.24) is 4.57 Å². The van der Waals surface area contributed by atoms with E-state index in [1.165, 1.54) is 24.0 Å². The van der Waals surface area contributed by atoms with E-state index in [9.17, 15) is 9.90 Å². The molecule has 1 aromatic heterocycles. The molecule has 4 aromatic rings. The van der Waals surface area contributed by atoms with Gasteiger partial charge in [-0.05, 0) is 42.2 Å². The zero-order chi connectivity index (χ0) is 24.8. The zero-order valence-electron chi connectivity index (χ0n) is 19.9. The summed E-state index contributed by atoms with van der Waals surface area (Å²) in [5, 5.41) is 10.6. The summed E-state index contributed by atoms with van der Waals surface area (Å²) < 4.78 is 13.2. The lowest BCUT2D eigenvalue weighted by Gasteiger charge is -2.31. The van der Waals surface area contributed by atoms with Crippen LogP contribution in [0.15, 0.2) is 82.1 Å². The number of thiazole rings is 1. The number of rotatable bonds is 4. The number of aromatic hydroxyl groups is 1. The number of hydrogen-bond donors (Lipinski definition) is 1. The Hall–Kier alpha value is -4.10. The fourth-order valence-corrected chi connectivity index (χ4v) is 6.14. The number of phenolic OH excluding ortho intramolecular Hbond substituents is 1. The highest BCUT2D eigenvalue weighted by molar-refractivity contribution is 7.07. The molecule has 0 bridgehead atoms. The van der Waals surface area contributed by atoms with Crippen LogP contribution in [-0.4, -0.2) is 23.9 Å². The first-order valence-corrected chi connectivity index (χ1v) is 12.5. The minimum absolute atomic E-state index is 0.000311. The summed E-state index contributed by atoms with van der Waals surface area (Å²) in [6.07, 6.45) is 3.40. The molecule has 180 valence electrons. The molecule has 0 spiro atoms. The molecule has 6 nitrogen and oxygen atoms in total. The summed E-state index contributed by atoms with van der Waals surface area (Å²) in [5.74, 6) is 1.09. The third-order valence-corrected chi connectivity index (χ3v) is 7.83. The zero-order valence-corrected chi connectivity index (χ0v) is 20.7. The Bertz CT molecular complexity index is 1710. The van der Waals surface area contributed by atoms with Crippen molar-refractivity contribution in [3.8, 4) is 17.2 Å². The number of methoxy groups -OCH3 is 2. The van der Waals surface area contributed by atoms with E-state index in [1.807, 2.05) is 30.3 Å². The molecule has 7 heteroatoms. The van der Waals surface area contributed by atoms with Crippen molar-refractivity contribution in [2.24, 2.45) is 4.99 Å². The molecule has 0 saturated carbocycles. The number of ether oxygens (including phenoxy) is 2. The van der Waals surface area contributed by atoms with Crippen LogP contribution in [0.1, 0.15) is 34.7 Å². The van der Waals surface area contributed by atoms with Gasteiger partial charge in [-0.15, -0.1) is 0 Å². The van der Waals surface area contributed by atoms with E-state index >= 15 is 0 Å². The van der Waals surface area contributed by atoms with Crippen LogP contribution >= 0.6 is 11.3 Å². The predicted molar refractivity (Wildman–Crippen MR) is 140 cm³/mol. The summed E-state index contributed by atoms with van der Waals surface area (Å²) in [5.41, 5.74) is 5.72. The van der Waals surface area contributed by atoms with Gasteiger partial charge in [-0.25, -0.2) is 4.99 Å². The van der Waals surface area contributed by atoms with E-state index in [4.69, 9.17) is 14.5 Å². The van der Waals surface area contributed by atoms with Crippen LogP contribution in [-0.2, 0) is 6.42 Å². The van der Waals surface area contributed by atoms with Crippen LogP contribution in [0, 0.1) is 0 Å². The van der Waals surface area contributed by atoms with E-state index in [-0.39, 0.29) is 17.4 Å². The fraction of sp³-hybridized carbons (Fsp3) is 0.172. The Morgan fingerprint density at radius 1 is 0.972 bits per heavy atom. The van der Waals surface area contributed by atoms with Gasteiger partial charge in [0.2, 0.25) is 0 Å². The van der Waals surface area contributed by atoms with Crippen molar-refractivity contribution >= 4 is 23.1 Å². The van der Waals surface area contributed by atoms with Gasteiger partial charge in [0.1, 0.15) is 5.75 Å². The lowest BCUT2D eigenvalue weighted by Crippen LogP contribution is -2.39. The first kappa shape index (κ1) is 22.4. The first-order valence-electron chi connectivity index (χ1n) is 11.7. The van der Waals surface area contributed by atoms with Gasteiger partial charge in [-0.2, -0.15) is 0 Å². The van der Waals surface area contributed by atoms with Crippen molar-refractivity contribution in [1.29, 1.82) is 0 Å². The number of hydrogen-bond acceptors (Lipinski definition) is 6. The molecule has 0 fully saturated rings. The second-order valence-corrected chi connectivity index (χ2v) is 9.76. The average Bonchev–Trinajstić information content (AvgIpc) is 3.23. The highest BCUT2D eigenvalue weighted by Crippen LogP contribution is 2.43. The highest BCUT2D eigenvalue weighted by Gasteiger charge is 2.34. The standard InChI is InChI=1S/C29H24N2O4S/c1-34-22-12-6-5-11-20(22)26-21-15-14-17-8-3-4-10-19(17)25(21)30-29-31(26)28(33)24(36-29)16-18-9-7-13-23(35-2)27(18)32/h3-13,16,26,32H,14-15H2,1-2H3/b24-16+. The number of allylic oxidation sites excluding steroid dienone is 1. The molecule has 1 aliphatic heterocycles. The molecule has 2 aliphatic rings. The summed E-state index contributed by atoms with van der Waals surface area (Å²) in [7, 11) is 3.15. The van der Waals surface area contributed by atoms with Gasteiger partial charge < -0.3 is 14.6 Å². The van der Waals surface area contributed by atoms with Crippen LogP contribution in [0.4, 0.5) is 0 Å². The summed E-state index contributed by atoms with van der Waals surface area (Å²) in [6.45, 7) is 0. The molecule has 0 saturated heterocycles. The number of aromatic nitrogens is 1. The molecule has 1 aliphatic carbocycles. The molecule has 1 unspecified atom stereocenters. The normalized spacial score (nSPS) is 16.6. The SMILES string of the molecule is COc1ccccc1C1C2=C(N=c3s/c(=C/c4cccc(OC)c4O)c(=O)n31)c1ccccc1CC2. The Morgan fingerprint density at radius 2 is 1.72 bits per heavy atom. The number of benzene rings is 3. The van der Waals surface area contributed by atoms with E-state index < -0.39 is 0 Å². The Labute approximate surface area is 211 Å². The molecule has 0 amide bonds. The van der Waals surface area contributed by atoms with Crippen LogP contribution in [0.2, 0.25) is 0 Å². The summed E-state index contributed by atoms with van der Waals surface area (Å²) in [6, 6.07) is 21.1. The summed E-state index contributed by atoms with van der Waals surface area (Å²) in [4.78, 5) is 19.6. The lowest BCUT2D eigenvalue weighted by atomic mass is 9.83.